The topological polar surface area (TPSA) is 76.9 Å². The minimum absolute atomic E-state index is 0.0205. The first-order valence-electron chi connectivity index (χ1n) is 10.6. The van der Waals surface area contributed by atoms with Crippen molar-refractivity contribution >= 4 is 17.1 Å². The summed E-state index contributed by atoms with van der Waals surface area (Å²) in [7, 11) is 0. The van der Waals surface area contributed by atoms with Crippen molar-refractivity contribution in [1.82, 2.24) is 24.9 Å². The number of aromatic nitrogens is 5. The van der Waals surface area contributed by atoms with E-state index in [-0.39, 0.29) is 24.9 Å². The Balaban J connectivity index is 1.47. The smallest absolute Gasteiger partial charge is 0.370 e. The van der Waals surface area contributed by atoms with Crippen molar-refractivity contribution in [1.29, 1.82) is 0 Å². The quantitative estimate of drug-likeness (QED) is 0.603. The van der Waals surface area contributed by atoms with E-state index in [9.17, 15) is 13.2 Å². The van der Waals surface area contributed by atoms with Crippen molar-refractivity contribution in [3.8, 4) is 0 Å². The molecule has 0 unspecified atom stereocenters. The molecule has 168 valence electrons. The number of rotatable bonds is 3. The Bertz CT molecular complexity index is 1150. The Morgan fingerprint density at radius 2 is 1.88 bits per heavy atom. The Morgan fingerprint density at radius 3 is 2.62 bits per heavy atom. The Labute approximate surface area is 183 Å². The van der Waals surface area contributed by atoms with Gasteiger partial charge in [0.05, 0.1) is 30.5 Å². The van der Waals surface area contributed by atoms with Crippen molar-refractivity contribution < 1.29 is 17.9 Å². The summed E-state index contributed by atoms with van der Waals surface area (Å²) in [6.45, 7) is 5.34. The van der Waals surface area contributed by atoms with Crippen molar-refractivity contribution in [3.63, 3.8) is 0 Å². The van der Waals surface area contributed by atoms with E-state index in [0.717, 1.165) is 11.3 Å². The molecule has 3 aromatic heterocycles. The van der Waals surface area contributed by atoms with Crippen LogP contribution in [0.15, 0.2) is 24.5 Å². The number of hydrogen-bond donors (Lipinski definition) is 0. The first-order valence-corrected chi connectivity index (χ1v) is 10.6. The normalized spacial score (nSPS) is 23.9. The highest BCUT2D eigenvalue weighted by atomic mass is 19.4. The van der Waals surface area contributed by atoms with E-state index < -0.39 is 12.1 Å². The molecule has 1 saturated carbocycles. The number of nitrogens with zero attached hydrogens (tertiary/aromatic N) is 6. The number of ether oxygens (including phenoxy) is 1. The molecule has 1 saturated heterocycles. The largest absolute Gasteiger partial charge is 0.391 e. The third-order valence-corrected chi connectivity index (χ3v) is 6.17. The second-order valence-corrected chi connectivity index (χ2v) is 8.54. The molecule has 4 heterocycles. The summed E-state index contributed by atoms with van der Waals surface area (Å²) in [5.41, 5.74) is 4.08. The molecule has 0 aromatic carbocycles. The maximum absolute atomic E-state index is 13.1. The number of anilines is 1. The highest BCUT2D eigenvalue weighted by Crippen LogP contribution is 2.50. The Kier molecular flexibility index (Phi) is 5.19. The van der Waals surface area contributed by atoms with E-state index in [4.69, 9.17) is 9.72 Å². The van der Waals surface area contributed by atoms with E-state index in [1.807, 2.05) is 30.9 Å². The molecule has 0 bridgehead atoms. The molecule has 2 aliphatic rings. The minimum atomic E-state index is -4.18. The summed E-state index contributed by atoms with van der Waals surface area (Å²) < 4.78 is 45.2. The molecule has 10 heteroatoms. The van der Waals surface area contributed by atoms with Gasteiger partial charge in [-0.1, -0.05) is 0 Å². The second-order valence-electron chi connectivity index (χ2n) is 8.54. The maximum Gasteiger partial charge on any atom is 0.391 e. The van der Waals surface area contributed by atoms with E-state index in [1.165, 1.54) is 0 Å². The van der Waals surface area contributed by atoms with Crippen LogP contribution in [0.5, 0.6) is 0 Å². The fourth-order valence-corrected chi connectivity index (χ4v) is 4.34. The highest BCUT2D eigenvalue weighted by molar-refractivity contribution is 5.74. The van der Waals surface area contributed by atoms with Gasteiger partial charge in [0, 0.05) is 30.6 Å². The van der Waals surface area contributed by atoms with E-state index in [2.05, 4.69) is 19.9 Å². The highest BCUT2D eigenvalue weighted by Gasteiger charge is 2.49. The molecule has 0 spiro atoms. The van der Waals surface area contributed by atoms with Crippen LogP contribution in [-0.2, 0) is 4.74 Å². The monoisotopic (exact) mass is 444 g/mol. The lowest BCUT2D eigenvalue weighted by atomic mass is 9.72. The zero-order valence-corrected chi connectivity index (χ0v) is 17.8. The number of alkyl halides is 3. The zero-order chi connectivity index (χ0) is 22.5. The van der Waals surface area contributed by atoms with Gasteiger partial charge >= 0.3 is 6.18 Å². The van der Waals surface area contributed by atoms with Gasteiger partial charge in [-0.15, -0.1) is 0 Å². The number of aryl methyl sites for hydroxylation is 2. The number of hydrogen-bond acceptors (Lipinski definition) is 7. The minimum Gasteiger partial charge on any atom is -0.370 e. The van der Waals surface area contributed by atoms with E-state index >= 15 is 0 Å². The van der Waals surface area contributed by atoms with Crippen LogP contribution in [-0.4, -0.2) is 50.8 Å². The molecular formula is C22H23F3N6O. The van der Waals surface area contributed by atoms with E-state index in [1.54, 1.807) is 12.4 Å². The van der Waals surface area contributed by atoms with Crippen LogP contribution in [0.3, 0.4) is 0 Å². The van der Waals surface area contributed by atoms with E-state index in [0.29, 0.717) is 48.2 Å². The summed E-state index contributed by atoms with van der Waals surface area (Å²) in [6.07, 6.45) is -0.950. The number of fused-ring (bicyclic) bond motifs is 1. The lowest BCUT2D eigenvalue weighted by Gasteiger charge is -2.37. The van der Waals surface area contributed by atoms with Gasteiger partial charge in [-0.25, -0.2) is 15.0 Å². The summed E-state index contributed by atoms with van der Waals surface area (Å²) in [5, 5.41) is 0. The summed E-state index contributed by atoms with van der Waals surface area (Å²) in [6, 6.07) is 3.91. The van der Waals surface area contributed by atoms with Crippen molar-refractivity contribution in [2.45, 2.75) is 44.9 Å². The third kappa shape index (κ3) is 3.99. The standard InChI is InChI=1S/C22H23F3N6O/c1-12-7-14(3-4-26-12)17-11-31(5-6-32-17)21-29-18(15-8-16(9-15)22(23,24)25)19-20(30-21)28-13(2)10-27-19/h3-4,7,10,15-17H,5-6,8-9,11H2,1-2H3/t15?,16?,17-/m1/s1. The fraction of sp³-hybridized carbons (Fsp3) is 0.500. The van der Waals surface area contributed by atoms with Crippen molar-refractivity contribution in [3.05, 3.63) is 47.2 Å². The average Bonchev–Trinajstić information content (AvgIpc) is 2.71. The molecule has 0 radical (unpaired) electrons. The SMILES string of the molecule is Cc1cc([C@H]2CN(c3nc(C4CC(C(F)(F)F)C4)c4ncc(C)nc4n3)CCO2)ccn1. The Morgan fingerprint density at radius 1 is 1.06 bits per heavy atom. The first-order chi connectivity index (χ1) is 15.3. The van der Waals surface area contributed by atoms with Gasteiger partial charge in [0.2, 0.25) is 5.95 Å². The van der Waals surface area contributed by atoms with Crippen LogP contribution in [0.4, 0.5) is 19.1 Å². The molecule has 3 aromatic rings. The zero-order valence-electron chi connectivity index (χ0n) is 17.8. The number of morpholine rings is 1. The van der Waals surface area contributed by atoms with Gasteiger partial charge in [-0.2, -0.15) is 18.2 Å². The average molecular weight is 444 g/mol. The van der Waals surface area contributed by atoms with Crippen molar-refractivity contribution in [2.75, 3.05) is 24.6 Å². The summed E-state index contributed by atoms with van der Waals surface area (Å²) >= 11 is 0. The van der Waals surface area contributed by atoms with Crippen LogP contribution in [0.1, 0.15) is 47.5 Å². The molecule has 0 N–H and O–H groups in total. The predicted molar refractivity (Wildman–Crippen MR) is 111 cm³/mol. The fourth-order valence-electron chi connectivity index (χ4n) is 4.34. The van der Waals surface area contributed by atoms with Gasteiger partial charge in [-0.3, -0.25) is 4.98 Å². The third-order valence-electron chi connectivity index (χ3n) is 6.17. The second kappa shape index (κ2) is 7.91. The van der Waals surface area contributed by atoms with Crippen molar-refractivity contribution in [2.24, 2.45) is 5.92 Å². The van der Waals surface area contributed by atoms with Crippen LogP contribution >= 0.6 is 0 Å². The summed E-state index contributed by atoms with van der Waals surface area (Å²) in [4.78, 5) is 24.5. The van der Waals surface area contributed by atoms with Gasteiger partial charge in [-0.05, 0) is 44.4 Å². The molecule has 0 amide bonds. The van der Waals surface area contributed by atoms with Gasteiger partial charge in [0.15, 0.2) is 5.65 Å². The lowest BCUT2D eigenvalue weighted by molar-refractivity contribution is -0.197. The van der Waals surface area contributed by atoms with Gasteiger partial charge < -0.3 is 9.64 Å². The molecular weight excluding hydrogens is 421 g/mol. The molecule has 32 heavy (non-hydrogen) atoms. The van der Waals surface area contributed by atoms with Crippen LogP contribution in [0, 0.1) is 19.8 Å². The van der Waals surface area contributed by atoms with Gasteiger partial charge in [0.1, 0.15) is 11.6 Å². The van der Waals surface area contributed by atoms with Gasteiger partial charge in [0.25, 0.3) is 0 Å². The molecule has 1 atom stereocenters. The Hall–Kier alpha value is -2.88. The molecule has 1 aliphatic heterocycles. The summed E-state index contributed by atoms with van der Waals surface area (Å²) in [5.74, 6) is -1.13. The maximum atomic E-state index is 13.1. The number of halogens is 3. The van der Waals surface area contributed by atoms with Crippen LogP contribution < -0.4 is 4.90 Å². The van der Waals surface area contributed by atoms with Crippen LogP contribution in [0.2, 0.25) is 0 Å². The predicted octanol–water partition coefficient (Wildman–Crippen LogP) is 4.07. The number of pyridine rings is 1. The lowest BCUT2D eigenvalue weighted by Crippen LogP contribution is -2.40. The molecule has 7 nitrogen and oxygen atoms in total. The first kappa shape index (κ1) is 21.0. The molecule has 1 aliphatic carbocycles. The molecule has 5 rings (SSSR count). The molecule has 2 fully saturated rings. The van der Waals surface area contributed by atoms with Crippen LogP contribution in [0.25, 0.3) is 11.2 Å².